The van der Waals surface area contributed by atoms with Crippen molar-refractivity contribution in [3.05, 3.63) is 96.8 Å². The molecule has 0 fully saturated rings. The van der Waals surface area contributed by atoms with E-state index in [4.69, 9.17) is 34.8 Å². The van der Waals surface area contributed by atoms with Crippen LogP contribution in [0, 0.1) is 18.6 Å². The van der Waals surface area contributed by atoms with Crippen LogP contribution in [0.2, 0.25) is 15.1 Å². The van der Waals surface area contributed by atoms with Gasteiger partial charge in [-0.2, -0.15) is 5.10 Å². The molecule has 0 spiro atoms. The molecular formula is C23H13BrCl3F2N5O2. The van der Waals surface area contributed by atoms with E-state index >= 15 is 0 Å². The van der Waals surface area contributed by atoms with Gasteiger partial charge >= 0.3 is 0 Å². The molecule has 2 amide bonds. The third-order valence-electron chi connectivity index (χ3n) is 4.88. The van der Waals surface area contributed by atoms with Crippen molar-refractivity contribution in [2.75, 3.05) is 10.6 Å². The summed E-state index contributed by atoms with van der Waals surface area (Å²) in [5.74, 6) is -3.26. The van der Waals surface area contributed by atoms with Gasteiger partial charge in [-0.25, -0.2) is 18.4 Å². The van der Waals surface area contributed by atoms with Gasteiger partial charge in [-0.1, -0.05) is 34.8 Å². The summed E-state index contributed by atoms with van der Waals surface area (Å²) in [5, 5.41) is 9.30. The molecule has 0 atom stereocenters. The molecule has 0 aliphatic heterocycles. The number of halogens is 6. The Labute approximate surface area is 226 Å². The van der Waals surface area contributed by atoms with Gasteiger partial charge in [-0.05, 0) is 58.7 Å². The topological polar surface area (TPSA) is 88.9 Å². The summed E-state index contributed by atoms with van der Waals surface area (Å²) in [5.41, 5.74) is 0.0685. The van der Waals surface area contributed by atoms with E-state index in [-0.39, 0.29) is 37.8 Å². The van der Waals surface area contributed by atoms with Crippen molar-refractivity contribution >= 4 is 73.9 Å². The van der Waals surface area contributed by atoms with E-state index in [1.807, 2.05) is 0 Å². The second kappa shape index (κ2) is 10.5. The van der Waals surface area contributed by atoms with Crippen molar-refractivity contribution in [1.29, 1.82) is 0 Å². The van der Waals surface area contributed by atoms with Gasteiger partial charge < -0.3 is 10.6 Å². The quantitative estimate of drug-likeness (QED) is 0.251. The number of amides is 2. The first kappa shape index (κ1) is 26.0. The fourth-order valence-corrected chi connectivity index (χ4v) is 4.41. The normalized spacial score (nSPS) is 10.9. The number of aromatic nitrogens is 3. The highest BCUT2D eigenvalue weighted by Gasteiger charge is 2.23. The van der Waals surface area contributed by atoms with Crippen LogP contribution in [0.1, 0.15) is 26.4 Å². The number of nitrogens with one attached hydrogen (secondary N) is 2. The lowest BCUT2D eigenvalue weighted by molar-refractivity contribution is 0.101. The number of anilines is 2. The van der Waals surface area contributed by atoms with Gasteiger partial charge in [-0.15, -0.1) is 0 Å². The van der Waals surface area contributed by atoms with Crippen molar-refractivity contribution < 1.29 is 18.4 Å². The zero-order valence-corrected chi connectivity index (χ0v) is 21.9. The fourth-order valence-electron chi connectivity index (χ4n) is 3.32. The lowest BCUT2D eigenvalue weighted by atomic mass is 10.1. The van der Waals surface area contributed by atoms with Gasteiger partial charge in [0.05, 0.1) is 27.0 Å². The second-order valence-corrected chi connectivity index (χ2v) is 9.43. The van der Waals surface area contributed by atoms with Gasteiger partial charge in [0.1, 0.15) is 16.1 Å². The molecule has 0 aliphatic rings. The maximum Gasteiger partial charge on any atom is 0.274 e. The summed E-state index contributed by atoms with van der Waals surface area (Å²) < 4.78 is 29.2. The lowest BCUT2D eigenvalue weighted by Gasteiger charge is -2.16. The van der Waals surface area contributed by atoms with Crippen LogP contribution < -0.4 is 10.6 Å². The Morgan fingerprint density at radius 3 is 2.39 bits per heavy atom. The van der Waals surface area contributed by atoms with Crippen LogP contribution >= 0.6 is 50.7 Å². The minimum atomic E-state index is -1.07. The molecule has 7 nitrogen and oxygen atoms in total. The van der Waals surface area contributed by atoms with Crippen molar-refractivity contribution in [3.63, 3.8) is 0 Å². The van der Waals surface area contributed by atoms with Crippen LogP contribution in [-0.4, -0.2) is 26.6 Å². The number of pyridine rings is 1. The van der Waals surface area contributed by atoms with Crippen LogP contribution in [0.25, 0.3) is 5.82 Å². The summed E-state index contributed by atoms with van der Waals surface area (Å²) in [6, 6.07) is 8.91. The number of carbonyl (C=O) groups is 2. The van der Waals surface area contributed by atoms with Crippen molar-refractivity contribution in [1.82, 2.24) is 14.8 Å². The highest BCUT2D eigenvalue weighted by molar-refractivity contribution is 9.10. The summed E-state index contributed by atoms with van der Waals surface area (Å²) in [7, 11) is 0. The van der Waals surface area contributed by atoms with Crippen LogP contribution in [0.4, 0.5) is 20.2 Å². The van der Waals surface area contributed by atoms with Crippen molar-refractivity contribution in [2.24, 2.45) is 0 Å². The van der Waals surface area contributed by atoms with Gasteiger partial charge in [0.15, 0.2) is 11.6 Å². The summed E-state index contributed by atoms with van der Waals surface area (Å²) >= 11 is 21.5. The molecule has 0 radical (unpaired) electrons. The van der Waals surface area contributed by atoms with Crippen LogP contribution in [0.5, 0.6) is 0 Å². The maximum absolute atomic E-state index is 14.3. The molecule has 36 heavy (non-hydrogen) atoms. The zero-order valence-electron chi connectivity index (χ0n) is 18.0. The van der Waals surface area contributed by atoms with E-state index in [1.165, 1.54) is 29.1 Å². The Balaban J connectivity index is 1.71. The molecule has 184 valence electrons. The first-order valence-corrected chi connectivity index (χ1v) is 11.9. The molecule has 0 saturated heterocycles. The number of carbonyl (C=O) groups excluding carboxylic acids is 2. The lowest BCUT2D eigenvalue weighted by Crippen LogP contribution is -2.22. The Morgan fingerprint density at radius 2 is 1.69 bits per heavy atom. The first-order valence-electron chi connectivity index (χ1n) is 9.99. The monoisotopic (exact) mass is 613 g/mol. The molecule has 13 heteroatoms. The van der Waals surface area contributed by atoms with Crippen LogP contribution in [0.15, 0.2) is 53.3 Å². The number of hydrogen-bond donors (Lipinski definition) is 2. The Hall–Kier alpha value is -3.05. The Morgan fingerprint density at radius 1 is 0.972 bits per heavy atom. The highest BCUT2D eigenvalue weighted by Crippen LogP contribution is 2.31. The minimum absolute atomic E-state index is 0.0517. The third kappa shape index (κ3) is 5.36. The maximum atomic E-state index is 14.3. The van der Waals surface area contributed by atoms with E-state index in [2.05, 4.69) is 36.6 Å². The molecule has 4 aromatic rings. The van der Waals surface area contributed by atoms with Crippen LogP contribution in [0.3, 0.4) is 0 Å². The first-order chi connectivity index (χ1) is 17.0. The number of rotatable bonds is 5. The molecule has 2 N–H and O–H groups in total. The fraction of sp³-hybridized carbons (Fsp3) is 0.0435. The predicted molar refractivity (Wildman–Crippen MR) is 138 cm³/mol. The number of benzene rings is 2. The van der Waals surface area contributed by atoms with Gasteiger partial charge in [0, 0.05) is 23.4 Å². The van der Waals surface area contributed by atoms with Crippen molar-refractivity contribution in [2.45, 2.75) is 6.92 Å². The Kier molecular flexibility index (Phi) is 7.60. The minimum Gasteiger partial charge on any atom is -0.320 e. The average Bonchev–Trinajstić information content (AvgIpc) is 3.19. The number of nitrogens with zero attached hydrogens (tertiary/aromatic N) is 3. The zero-order chi connectivity index (χ0) is 26.1. The molecule has 2 aromatic heterocycles. The van der Waals surface area contributed by atoms with E-state index in [0.29, 0.717) is 16.2 Å². The van der Waals surface area contributed by atoms with Crippen LogP contribution in [-0.2, 0) is 0 Å². The average molecular weight is 616 g/mol. The summed E-state index contributed by atoms with van der Waals surface area (Å²) in [6.45, 7) is 1.62. The predicted octanol–water partition coefficient (Wildman–Crippen LogP) is 7.08. The second-order valence-electron chi connectivity index (χ2n) is 7.37. The molecule has 0 unspecified atom stereocenters. The molecule has 2 aromatic carbocycles. The largest absolute Gasteiger partial charge is 0.320 e. The number of aryl methyl sites for hydroxylation is 1. The SMILES string of the molecule is Cc1cc(Cl)cc(C(=O)Nc2c(F)cc(F)cc2Cl)c1NC(=O)c1cc(Br)nn1-c1ncccc1Cl. The standard InChI is InChI=1S/C23H13BrCl3F2N5O2/c1-10-5-11(25)6-13(22(35)32-20-15(27)7-12(28)8-16(20)29)19(10)31-23(36)17-9-18(24)33-34(17)21-14(26)3-2-4-30-21/h2-9H,1H3,(H,31,36)(H,32,35). The van der Waals surface area contributed by atoms with Crippen molar-refractivity contribution in [3.8, 4) is 5.82 Å². The Bertz CT molecular complexity index is 1510. The highest BCUT2D eigenvalue weighted by atomic mass is 79.9. The van der Waals surface area contributed by atoms with E-state index in [1.54, 1.807) is 19.1 Å². The van der Waals surface area contributed by atoms with E-state index < -0.39 is 29.1 Å². The molecule has 2 heterocycles. The van der Waals surface area contributed by atoms with Gasteiger partial charge in [-0.3, -0.25) is 9.59 Å². The smallest absolute Gasteiger partial charge is 0.274 e. The summed E-state index contributed by atoms with van der Waals surface area (Å²) in [6.07, 6.45) is 1.49. The molecule has 0 saturated carbocycles. The van der Waals surface area contributed by atoms with E-state index in [0.717, 1.165) is 6.07 Å². The molecule has 0 bridgehead atoms. The third-order valence-corrected chi connectivity index (χ3v) is 6.08. The van der Waals surface area contributed by atoms with E-state index in [9.17, 15) is 18.4 Å². The van der Waals surface area contributed by atoms with Gasteiger partial charge in [0.25, 0.3) is 11.8 Å². The number of hydrogen-bond acceptors (Lipinski definition) is 4. The molecular weight excluding hydrogens is 603 g/mol. The van der Waals surface area contributed by atoms with Gasteiger partial charge in [0.2, 0.25) is 0 Å². The molecule has 4 rings (SSSR count). The summed E-state index contributed by atoms with van der Waals surface area (Å²) in [4.78, 5) is 30.6. The molecule has 0 aliphatic carbocycles.